The lowest BCUT2D eigenvalue weighted by atomic mass is 9.94. The third-order valence-corrected chi connectivity index (χ3v) is 4.67. The van der Waals surface area contributed by atoms with Gasteiger partial charge in [0.05, 0.1) is 11.9 Å². The fourth-order valence-corrected chi connectivity index (χ4v) is 3.35. The van der Waals surface area contributed by atoms with Crippen LogP contribution in [0, 0.1) is 6.92 Å². The minimum Gasteiger partial charge on any atom is -0.478 e. The first-order chi connectivity index (χ1) is 12.6. The number of rotatable bonds is 5. The zero-order chi connectivity index (χ0) is 18.3. The first-order valence-electron chi connectivity index (χ1n) is 8.81. The van der Waals surface area contributed by atoms with Gasteiger partial charge in [0.25, 0.3) is 0 Å². The number of hydrogen-bond acceptors (Lipinski definition) is 4. The third kappa shape index (κ3) is 2.87. The van der Waals surface area contributed by atoms with E-state index in [0.29, 0.717) is 5.92 Å². The Morgan fingerprint density at radius 2 is 2.15 bits per heavy atom. The molecule has 0 spiro atoms. The maximum atomic E-state index is 11.1. The maximum Gasteiger partial charge on any atom is 0.328 e. The van der Waals surface area contributed by atoms with Gasteiger partial charge in [-0.1, -0.05) is 0 Å². The number of aryl methyl sites for hydroxylation is 2. The van der Waals surface area contributed by atoms with E-state index in [-0.39, 0.29) is 0 Å². The summed E-state index contributed by atoms with van der Waals surface area (Å²) >= 11 is 0. The Labute approximate surface area is 151 Å². The van der Waals surface area contributed by atoms with Crippen molar-refractivity contribution in [3.63, 3.8) is 0 Å². The molecule has 6 nitrogen and oxygen atoms in total. The summed E-state index contributed by atoms with van der Waals surface area (Å²) in [7, 11) is 0. The second-order valence-corrected chi connectivity index (χ2v) is 6.68. The summed E-state index contributed by atoms with van der Waals surface area (Å²) < 4.78 is 1.89. The van der Waals surface area contributed by atoms with Gasteiger partial charge < -0.3 is 5.11 Å². The molecule has 4 rings (SSSR count). The highest BCUT2D eigenvalue weighted by atomic mass is 16.4. The molecule has 1 N–H and O–H groups in total. The monoisotopic (exact) mass is 348 g/mol. The van der Waals surface area contributed by atoms with E-state index in [9.17, 15) is 4.79 Å². The zero-order valence-corrected chi connectivity index (χ0v) is 14.8. The number of nitrogens with zero attached hydrogens (tertiary/aromatic N) is 4. The van der Waals surface area contributed by atoms with E-state index in [4.69, 9.17) is 10.1 Å². The minimum absolute atomic E-state index is 0.379. The van der Waals surface area contributed by atoms with Crippen LogP contribution in [0.5, 0.6) is 0 Å². The van der Waals surface area contributed by atoms with Crippen molar-refractivity contribution in [3.8, 4) is 11.1 Å². The fraction of sp³-hybridized carbons (Fsp3) is 0.300. The van der Waals surface area contributed by atoms with Crippen LogP contribution >= 0.6 is 0 Å². The zero-order valence-electron chi connectivity index (χ0n) is 14.8. The van der Waals surface area contributed by atoms with E-state index in [2.05, 4.69) is 16.1 Å². The second-order valence-electron chi connectivity index (χ2n) is 6.68. The van der Waals surface area contributed by atoms with Gasteiger partial charge in [0.2, 0.25) is 0 Å². The Hall–Kier alpha value is -3.02. The smallest absolute Gasteiger partial charge is 0.328 e. The molecule has 0 radical (unpaired) electrons. The number of fused-ring (bicyclic) bond motifs is 1. The van der Waals surface area contributed by atoms with E-state index in [1.54, 1.807) is 6.08 Å². The molecule has 1 aliphatic rings. The molecule has 3 aromatic rings. The Kier molecular flexibility index (Phi) is 4.03. The summed E-state index contributed by atoms with van der Waals surface area (Å²) in [5.74, 6) is -0.589. The van der Waals surface area contributed by atoms with Crippen LogP contribution in [0.1, 0.15) is 42.5 Å². The Morgan fingerprint density at radius 1 is 1.35 bits per heavy atom. The Morgan fingerprint density at radius 3 is 2.81 bits per heavy atom. The topological polar surface area (TPSA) is 80.9 Å². The number of carboxylic acids is 1. The van der Waals surface area contributed by atoms with Crippen molar-refractivity contribution >= 4 is 23.1 Å². The molecule has 0 aliphatic heterocycles. The summed E-state index contributed by atoms with van der Waals surface area (Å²) in [6.45, 7) is 4.77. The van der Waals surface area contributed by atoms with Crippen LogP contribution in [0.25, 0.3) is 28.2 Å². The van der Waals surface area contributed by atoms with Crippen LogP contribution in [-0.4, -0.2) is 30.8 Å². The van der Waals surface area contributed by atoms with Crippen LogP contribution in [0.4, 0.5) is 0 Å². The van der Waals surface area contributed by atoms with Crippen LogP contribution in [0.15, 0.2) is 30.7 Å². The second kappa shape index (κ2) is 6.37. The summed E-state index contributed by atoms with van der Waals surface area (Å²) in [5.41, 5.74) is 5.65. The molecule has 0 bridgehead atoms. The van der Waals surface area contributed by atoms with Crippen molar-refractivity contribution in [1.29, 1.82) is 0 Å². The molecule has 1 saturated carbocycles. The fourth-order valence-electron chi connectivity index (χ4n) is 3.35. The molecular formula is C20H20N4O2. The molecule has 132 valence electrons. The number of hydrogen-bond donors (Lipinski definition) is 1. The van der Waals surface area contributed by atoms with Crippen molar-refractivity contribution in [2.45, 2.75) is 39.2 Å². The van der Waals surface area contributed by atoms with Crippen molar-refractivity contribution in [1.82, 2.24) is 19.7 Å². The predicted molar refractivity (Wildman–Crippen MR) is 99.8 cm³/mol. The van der Waals surface area contributed by atoms with Gasteiger partial charge in [-0.3, -0.25) is 4.98 Å². The molecule has 0 atom stereocenters. The predicted octanol–water partition coefficient (Wildman–Crippen LogP) is 3.80. The molecule has 3 aromatic heterocycles. The molecule has 26 heavy (non-hydrogen) atoms. The van der Waals surface area contributed by atoms with E-state index < -0.39 is 5.97 Å². The first-order valence-corrected chi connectivity index (χ1v) is 8.81. The molecule has 0 saturated heterocycles. The Balaban J connectivity index is 2.08. The van der Waals surface area contributed by atoms with Gasteiger partial charge in [0.1, 0.15) is 0 Å². The molecule has 0 unspecified atom stereocenters. The van der Waals surface area contributed by atoms with Gasteiger partial charge in [0, 0.05) is 53.0 Å². The third-order valence-electron chi connectivity index (χ3n) is 4.67. The lowest BCUT2D eigenvalue weighted by Crippen LogP contribution is -2.03. The van der Waals surface area contributed by atoms with Gasteiger partial charge in [-0.05, 0) is 44.4 Å². The van der Waals surface area contributed by atoms with Crippen LogP contribution in [0.2, 0.25) is 0 Å². The number of aliphatic carboxylic acids is 1. The van der Waals surface area contributed by atoms with Gasteiger partial charge in [-0.2, -0.15) is 5.10 Å². The summed E-state index contributed by atoms with van der Waals surface area (Å²) in [5, 5.41) is 14.5. The molecule has 1 aliphatic carbocycles. The average Bonchev–Trinajstić information content (AvgIpc) is 3.38. The number of aromatic nitrogens is 4. The van der Waals surface area contributed by atoms with Crippen LogP contribution in [0.3, 0.4) is 0 Å². The highest BCUT2D eigenvalue weighted by Crippen LogP contribution is 2.45. The van der Waals surface area contributed by atoms with E-state index in [1.807, 2.05) is 37.1 Å². The Bertz CT molecular complexity index is 1030. The van der Waals surface area contributed by atoms with E-state index in [0.717, 1.165) is 58.4 Å². The largest absolute Gasteiger partial charge is 0.478 e. The number of carboxylic acid groups (broad SMARTS) is 1. The quantitative estimate of drug-likeness (QED) is 0.709. The first kappa shape index (κ1) is 16.4. The SMILES string of the molecule is CCn1ncc2c(-c3cncc(C)c3)c(/C=C/C(=O)O)c(C3CC3)nc21. The molecule has 0 amide bonds. The van der Waals surface area contributed by atoms with Crippen LogP contribution in [-0.2, 0) is 11.3 Å². The minimum atomic E-state index is -0.968. The lowest BCUT2D eigenvalue weighted by Gasteiger charge is -2.14. The molecule has 1 fully saturated rings. The van der Waals surface area contributed by atoms with Crippen molar-refractivity contribution in [2.24, 2.45) is 0 Å². The van der Waals surface area contributed by atoms with Crippen molar-refractivity contribution in [3.05, 3.63) is 47.6 Å². The standard InChI is InChI=1S/C20H20N4O2/c1-3-24-20-16(11-22-24)18(14-8-12(2)9-21-10-14)15(6-7-17(25)26)19(23-20)13-4-5-13/h6-11,13H,3-5H2,1-2H3,(H,25,26)/b7-6+. The molecule has 0 aromatic carbocycles. The van der Waals surface area contributed by atoms with Crippen molar-refractivity contribution < 1.29 is 9.90 Å². The summed E-state index contributed by atoms with van der Waals surface area (Å²) in [6.07, 6.45) is 10.5. The normalized spacial score (nSPS) is 14.4. The van der Waals surface area contributed by atoms with E-state index in [1.165, 1.54) is 6.08 Å². The summed E-state index contributed by atoms with van der Waals surface area (Å²) in [6, 6.07) is 2.07. The van der Waals surface area contributed by atoms with Gasteiger partial charge in [0.15, 0.2) is 5.65 Å². The van der Waals surface area contributed by atoms with Gasteiger partial charge in [-0.15, -0.1) is 0 Å². The highest BCUT2D eigenvalue weighted by molar-refractivity contribution is 5.99. The molecule has 3 heterocycles. The number of carbonyl (C=O) groups is 1. The highest BCUT2D eigenvalue weighted by Gasteiger charge is 2.30. The van der Waals surface area contributed by atoms with Crippen molar-refractivity contribution in [2.75, 3.05) is 0 Å². The van der Waals surface area contributed by atoms with Gasteiger partial charge in [-0.25, -0.2) is 14.5 Å². The number of pyridine rings is 2. The molecule has 6 heteroatoms. The van der Waals surface area contributed by atoms with Crippen LogP contribution < -0.4 is 0 Å². The average molecular weight is 348 g/mol. The summed E-state index contributed by atoms with van der Waals surface area (Å²) in [4.78, 5) is 20.4. The molecular weight excluding hydrogens is 328 g/mol. The maximum absolute atomic E-state index is 11.1. The van der Waals surface area contributed by atoms with E-state index >= 15 is 0 Å². The van der Waals surface area contributed by atoms with Gasteiger partial charge >= 0.3 is 5.97 Å². The lowest BCUT2D eigenvalue weighted by molar-refractivity contribution is -0.131.